The van der Waals surface area contributed by atoms with Gasteiger partial charge < -0.3 is 9.47 Å². The summed E-state index contributed by atoms with van der Waals surface area (Å²) in [7, 11) is 0. The molecule has 0 fully saturated rings. The fraction of sp³-hybridized carbons (Fsp3) is 0.294. The van der Waals surface area contributed by atoms with E-state index in [2.05, 4.69) is 0 Å². The summed E-state index contributed by atoms with van der Waals surface area (Å²) in [6, 6.07) is 12.1. The standard InChI is InChI=1S/C17H18N2O6/c20-18(21)14-6-4-8-16(12-14)24-10-2-1-3-11-25-17-9-5-7-15(13-17)19(22)23/h4-9,12-13H,1-3,10-11H2. The van der Waals surface area contributed by atoms with E-state index in [1.54, 1.807) is 24.3 Å². The van der Waals surface area contributed by atoms with Crippen LogP contribution in [0.2, 0.25) is 0 Å². The molecular weight excluding hydrogens is 328 g/mol. The van der Waals surface area contributed by atoms with Crippen LogP contribution in [0.3, 0.4) is 0 Å². The molecule has 0 N–H and O–H groups in total. The molecule has 0 bridgehead atoms. The van der Waals surface area contributed by atoms with E-state index in [1.807, 2.05) is 0 Å². The molecule has 25 heavy (non-hydrogen) atoms. The number of nitrogens with zero attached hydrogens (tertiary/aromatic N) is 2. The van der Waals surface area contributed by atoms with E-state index in [4.69, 9.17) is 9.47 Å². The zero-order chi connectivity index (χ0) is 18.1. The van der Waals surface area contributed by atoms with Gasteiger partial charge in [0.25, 0.3) is 11.4 Å². The minimum atomic E-state index is -0.460. The van der Waals surface area contributed by atoms with Crippen molar-refractivity contribution < 1.29 is 19.3 Å². The number of benzene rings is 2. The fourth-order valence-corrected chi connectivity index (χ4v) is 2.13. The Morgan fingerprint density at radius 1 is 0.720 bits per heavy atom. The van der Waals surface area contributed by atoms with E-state index in [0.29, 0.717) is 24.7 Å². The van der Waals surface area contributed by atoms with Crippen molar-refractivity contribution in [3.05, 3.63) is 68.8 Å². The second-order valence-electron chi connectivity index (χ2n) is 5.27. The zero-order valence-corrected chi connectivity index (χ0v) is 13.5. The monoisotopic (exact) mass is 346 g/mol. The van der Waals surface area contributed by atoms with Crippen LogP contribution in [0.1, 0.15) is 19.3 Å². The number of ether oxygens (including phenoxy) is 2. The van der Waals surface area contributed by atoms with Crippen molar-refractivity contribution >= 4 is 11.4 Å². The maximum Gasteiger partial charge on any atom is 0.273 e. The van der Waals surface area contributed by atoms with Gasteiger partial charge in [0.05, 0.1) is 35.2 Å². The summed E-state index contributed by atoms with van der Waals surface area (Å²) in [5.74, 6) is 0.948. The number of nitro benzene ring substituents is 2. The number of nitro groups is 2. The fourth-order valence-electron chi connectivity index (χ4n) is 2.13. The summed E-state index contributed by atoms with van der Waals surface area (Å²) in [5, 5.41) is 21.4. The lowest BCUT2D eigenvalue weighted by Crippen LogP contribution is -2.01. The highest BCUT2D eigenvalue weighted by atomic mass is 16.6. The Balaban J connectivity index is 1.62. The third-order valence-corrected chi connectivity index (χ3v) is 3.38. The first-order valence-corrected chi connectivity index (χ1v) is 7.81. The lowest BCUT2D eigenvalue weighted by atomic mass is 10.2. The normalized spacial score (nSPS) is 10.2. The minimum absolute atomic E-state index is 0.00264. The molecule has 0 aliphatic heterocycles. The number of hydrogen-bond donors (Lipinski definition) is 0. The highest BCUT2D eigenvalue weighted by Gasteiger charge is 2.07. The van der Waals surface area contributed by atoms with E-state index < -0.39 is 9.85 Å². The van der Waals surface area contributed by atoms with Crippen molar-refractivity contribution in [2.24, 2.45) is 0 Å². The third-order valence-electron chi connectivity index (χ3n) is 3.38. The van der Waals surface area contributed by atoms with Gasteiger partial charge in [-0.2, -0.15) is 0 Å². The minimum Gasteiger partial charge on any atom is -0.493 e. The molecule has 2 rings (SSSR count). The van der Waals surface area contributed by atoms with E-state index in [-0.39, 0.29) is 11.4 Å². The lowest BCUT2D eigenvalue weighted by Gasteiger charge is -2.07. The van der Waals surface area contributed by atoms with Gasteiger partial charge in [-0.3, -0.25) is 20.2 Å². The quantitative estimate of drug-likeness (QED) is 0.364. The number of hydrogen-bond acceptors (Lipinski definition) is 6. The van der Waals surface area contributed by atoms with Crippen LogP contribution in [0.5, 0.6) is 11.5 Å². The van der Waals surface area contributed by atoms with E-state index in [1.165, 1.54) is 24.3 Å². The Morgan fingerprint density at radius 2 is 1.16 bits per heavy atom. The molecule has 0 radical (unpaired) electrons. The van der Waals surface area contributed by atoms with Crippen LogP contribution in [0.25, 0.3) is 0 Å². The molecule has 0 aliphatic carbocycles. The predicted molar refractivity (Wildman–Crippen MR) is 91.0 cm³/mol. The van der Waals surface area contributed by atoms with Crippen LogP contribution in [-0.2, 0) is 0 Å². The van der Waals surface area contributed by atoms with Crippen molar-refractivity contribution in [3.8, 4) is 11.5 Å². The molecule has 0 amide bonds. The molecule has 2 aromatic carbocycles. The van der Waals surface area contributed by atoms with Gasteiger partial charge >= 0.3 is 0 Å². The van der Waals surface area contributed by atoms with Crippen LogP contribution in [0, 0.1) is 20.2 Å². The first-order chi connectivity index (χ1) is 12.1. The molecule has 0 atom stereocenters. The van der Waals surface area contributed by atoms with Crippen molar-refractivity contribution in [2.45, 2.75) is 19.3 Å². The number of unbranched alkanes of at least 4 members (excludes halogenated alkanes) is 2. The van der Waals surface area contributed by atoms with Crippen molar-refractivity contribution in [3.63, 3.8) is 0 Å². The largest absolute Gasteiger partial charge is 0.493 e. The molecule has 8 heteroatoms. The van der Waals surface area contributed by atoms with Crippen molar-refractivity contribution in [1.82, 2.24) is 0 Å². The Morgan fingerprint density at radius 3 is 1.56 bits per heavy atom. The maximum atomic E-state index is 10.7. The van der Waals surface area contributed by atoms with Crippen molar-refractivity contribution in [1.29, 1.82) is 0 Å². The first kappa shape index (κ1) is 18.2. The second kappa shape index (κ2) is 9.21. The Bertz CT molecular complexity index is 673. The Labute approximate surface area is 144 Å². The van der Waals surface area contributed by atoms with Gasteiger partial charge in [0.1, 0.15) is 11.5 Å². The van der Waals surface area contributed by atoms with Gasteiger partial charge in [-0.25, -0.2) is 0 Å². The lowest BCUT2D eigenvalue weighted by molar-refractivity contribution is -0.385. The maximum absolute atomic E-state index is 10.7. The molecule has 0 unspecified atom stereocenters. The molecule has 132 valence electrons. The molecule has 2 aromatic rings. The summed E-state index contributed by atoms with van der Waals surface area (Å²) in [4.78, 5) is 20.4. The molecule has 0 aliphatic rings. The molecule has 0 aromatic heterocycles. The van der Waals surface area contributed by atoms with Crippen LogP contribution < -0.4 is 9.47 Å². The summed E-state index contributed by atoms with van der Waals surface area (Å²) in [5.41, 5.74) is 0.00529. The highest BCUT2D eigenvalue weighted by molar-refractivity contribution is 5.38. The van der Waals surface area contributed by atoms with Gasteiger partial charge in [-0.05, 0) is 31.4 Å². The molecule has 8 nitrogen and oxygen atoms in total. The van der Waals surface area contributed by atoms with E-state index in [0.717, 1.165) is 19.3 Å². The second-order valence-corrected chi connectivity index (χ2v) is 5.27. The van der Waals surface area contributed by atoms with Gasteiger partial charge in [0, 0.05) is 12.1 Å². The third kappa shape index (κ3) is 6.09. The highest BCUT2D eigenvalue weighted by Crippen LogP contribution is 2.20. The molecule has 0 saturated carbocycles. The Kier molecular flexibility index (Phi) is 6.70. The number of rotatable bonds is 10. The average molecular weight is 346 g/mol. The van der Waals surface area contributed by atoms with Gasteiger partial charge in [0.2, 0.25) is 0 Å². The summed E-state index contributed by atoms with van der Waals surface area (Å²) in [6.07, 6.45) is 2.41. The topological polar surface area (TPSA) is 105 Å². The first-order valence-electron chi connectivity index (χ1n) is 7.81. The summed E-state index contributed by atoms with van der Waals surface area (Å²) in [6.45, 7) is 0.913. The van der Waals surface area contributed by atoms with Crippen LogP contribution in [0.4, 0.5) is 11.4 Å². The molecule has 0 spiro atoms. The van der Waals surface area contributed by atoms with E-state index >= 15 is 0 Å². The smallest absolute Gasteiger partial charge is 0.273 e. The Hall–Kier alpha value is -3.16. The van der Waals surface area contributed by atoms with Crippen LogP contribution in [0.15, 0.2) is 48.5 Å². The summed E-state index contributed by atoms with van der Waals surface area (Å²) < 4.78 is 11.0. The zero-order valence-electron chi connectivity index (χ0n) is 13.5. The van der Waals surface area contributed by atoms with Crippen LogP contribution in [-0.4, -0.2) is 23.1 Å². The molecule has 0 heterocycles. The van der Waals surface area contributed by atoms with Crippen molar-refractivity contribution in [2.75, 3.05) is 13.2 Å². The van der Waals surface area contributed by atoms with Crippen LogP contribution >= 0.6 is 0 Å². The summed E-state index contributed by atoms with van der Waals surface area (Å²) >= 11 is 0. The number of non-ortho nitro benzene ring substituents is 2. The van der Waals surface area contributed by atoms with Gasteiger partial charge in [-0.15, -0.1) is 0 Å². The predicted octanol–water partition coefficient (Wildman–Crippen LogP) is 4.13. The SMILES string of the molecule is O=[N+]([O-])c1cccc(OCCCCCOc2cccc([N+](=O)[O-])c2)c1. The van der Waals surface area contributed by atoms with Gasteiger partial charge in [0.15, 0.2) is 0 Å². The van der Waals surface area contributed by atoms with E-state index in [9.17, 15) is 20.2 Å². The molecule has 0 saturated heterocycles. The molecular formula is C17H18N2O6. The average Bonchev–Trinajstić information content (AvgIpc) is 2.61. The van der Waals surface area contributed by atoms with Gasteiger partial charge in [-0.1, -0.05) is 12.1 Å².